The van der Waals surface area contributed by atoms with E-state index in [0.29, 0.717) is 9.64 Å². The SMILES string of the molecule is CCC1(C)CCSC(Nc2c(F)cc(F)cc2Br)=N1. The number of nitrogens with one attached hydrogen (secondary N) is 1. The van der Waals surface area contributed by atoms with Gasteiger partial charge in [0.25, 0.3) is 0 Å². The number of hydrogen-bond donors (Lipinski definition) is 1. The van der Waals surface area contributed by atoms with Crippen molar-refractivity contribution in [3.63, 3.8) is 0 Å². The van der Waals surface area contributed by atoms with Crippen molar-refractivity contribution in [3.05, 3.63) is 28.2 Å². The van der Waals surface area contributed by atoms with Crippen LogP contribution in [0, 0.1) is 11.6 Å². The molecule has 0 fully saturated rings. The number of anilines is 1. The highest BCUT2D eigenvalue weighted by atomic mass is 79.9. The zero-order valence-electron chi connectivity index (χ0n) is 10.8. The van der Waals surface area contributed by atoms with Gasteiger partial charge in [-0.05, 0) is 41.8 Å². The maximum absolute atomic E-state index is 13.7. The van der Waals surface area contributed by atoms with E-state index in [4.69, 9.17) is 0 Å². The summed E-state index contributed by atoms with van der Waals surface area (Å²) in [6.45, 7) is 4.18. The molecule has 0 radical (unpaired) electrons. The third kappa shape index (κ3) is 3.48. The largest absolute Gasteiger partial charge is 0.332 e. The first-order valence-corrected chi connectivity index (χ1v) is 7.85. The molecule has 104 valence electrons. The Morgan fingerprint density at radius 2 is 2.21 bits per heavy atom. The molecule has 1 N–H and O–H groups in total. The van der Waals surface area contributed by atoms with Crippen LogP contribution >= 0.6 is 27.7 Å². The number of nitrogens with zero attached hydrogens (tertiary/aromatic N) is 1. The summed E-state index contributed by atoms with van der Waals surface area (Å²) < 4.78 is 27.1. The number of rotatable bonds is 2. The highest BCUT2D eigenvalue weighted by molar-refractivity contribution is 9.10. The number of thioether (sulfide) groups is 1. The van der Waals surface area contributed by atoms with E-state index in [1.165, 1.54) is 6.07 Å². The minimum Gasteiger partial charge on any atom is -0.332 e. The number of amidine groups is 1. The quantitative estimate of drug-likeness (QED) is 0.829. The van der Waals surface area contributed by atoms with Gasteiger partial charge in [0, 0.05) is 16.3 Å². The minimum absolute atomic E-state index is 0.101. The zero-order valence-corrected chi connectivity index (χ0v) is 13.2. The van der Waals surface area contributed by atoms with Crippen molar-refractivity contribution in [1.29, 1.82) is 0 Å². The number of benzene rings is 1. The monoisotopic (exact) mass is 348 g/mol. The van der Waals surface area contributed by atoms with Crippen LogP contribution in [-0.2, 0) is 0 Å². The highest BCUT2D eigenvalue weighted by Crippen LogP contribution is 2.32. The van der Waals surface area contributed by atoms with Crippen molar-refractivity contribution in [1.82, 2.24) is 0 Å². The lowest BCUT2D eigenvalue weighted by Crippen LogP contribution is -2.29. The molecule has 0 aromatic heterocycles. The fourth-order valence-corrected chi connectivity index (χ4v) is 3.49. The molecule has 0 spiro atoms. The van der Waals surface area contributed by atoms with Gasteiger partial charge < -0.3 is 5.32 Å². The summed E-state index contributed by atoms with van der Waals surface area (Å²) in [4.78, 5) is 4.62. The first-order valence-electron chi connectivity index (χ1n) is 6.08. The van der Waals surface area contributed by atoms with Gasteiger partial charge >= 0.3 is 0 Å². The van der Waals surface area contributed by atoms with E-state index in [1.54, 1.807) is 11.8 Å². The van der Waals surface area contributed by atoms with Crippen LogP contribution in [0.5, 0.6) is 0 Å². The van der Waals surface area contributed by atoms with E-state index < -0.39 is 11.6 Å². The first-order chi connectivity index (χ1) is 8.93. The van der Waals surface area contributed by atoms with Crippen LogP contribution < -0.4 is 5.32 Å². The molecule has 1 atom stereocenters. The third-order valence-electron chi connectivity index (χ3n) is 3.25. The fraction of sp³-hybridized carbons (Fsp3) is 0.462. The topological polar surface area (TPSA) is 24.4 Å². The van der Waals surface area contributed by atoms with Crippen molar-refractivity contribution >= 4 is 38.5 Å². The molecule has 1 heterocycles. The summed E-state index contributed by atoms with van der Waals surface area (Å²) in [6.07, 6.45) is 1.94. The van der Waals surface area contributed by atoms with Crippen LogP contribution in [0.3, 0.4) is 0 Å². The molecule has 2 rings (SSSR count). The summed E-state index contributed by atoms with van der Waals surface area (Å²) in [5.74, 6) is -0.290. The lowest BCUT2D eigenvalue weighted by Gasteiger charge is -2.29. The Kier molecular flexibility index (Phi) is 4.50. The molecule has 0 aliphatic carbocycles. The predicted octanol–water partition coefficient (Wildman–Crippen LogP) is 4.80. The Morgan fingerprint density at radius 1 is 1.47 bits per heavy atom. The molecule has 1 aliphatic heterocycles. The van der Waals surface area contributed by atoms with E-state index >= 15 is 0 Å². The Labute approximate surface area is 124 Å². The van der Waals surface area contributed by atoms with Gasteiger partial charge in [-0.3, -0.25) is 4.99 Å². The van der Waals surface area contributed by atoms with Crippen molar-refractivity contribution in [3.8, 4) is 0 Å². The molecule has 0 saturated heterocycles. The Balaban J connectivity index is 2.27. The molecule has 0 amide bonds. The maximum atomic E-state index is 13.7. The van der Waals surface area contributed by atoms with E-state index in [2.05, 4.69) is 40.1 Å². The highest BCUT2D eigenvalue weighted by Gasteiger charge is 2.26. The van der Waals surface area contributed by atoms with Crippen LogP contribution in [0.15, 0.2) is 21.6 Å². The Morgan fingerprint density at radius 3 is 2.84 bits per heavy atom. The van der Waals surface area contributed by atoms with Gasteiger partial charge in [0.05, 0.1) is 11.2 Å². The van der Waals surface area contributed by atoms with E-state index in [-0.39, 0.29) is 11.2 Å². The molecule has 2 nitrogen and oxygen atoms in total. The van der Waals surface area contributed by atoms with Gasteiger partial charge in [0.1, 0.15) is 5.82 Å². The zero-order chi connectivity index (χ0) is 14.0. The second-order valence-electron chi connectivity index (χ2n) is 4.74. The normalized spacial score (nSPS) is 23.1. The summed E-state index contributed by atoms with van der Waals surface area (Å²) in [5, 5.41) is 3.64. The van der Waals surface area contributed by atoms with Crippen LogP contribution in [0.25, 0.3) is 0 Å². The molecule has 19 heavy (non-hydrogen) atoms. The smallest absolute Gasteiger partial charge is 0.161 e. The van der Waals surface area contributed by atoms with Gasteiger partial charge in [-0.2, -0.15) is 0 Å². The lowest BCUT2D eigenvalue weighted by atomic mass is 9.97. The third-order valence-corrected chi connectivity index (χ3v) is 4.75. The van der Waals surface area contributed by atoms with E-state index in [9.17, 15) is 8.78 Å². The average molecular weight is 349 g/mol. The fourth-order valence-electron chi connectivity index (χ4n) is 1.79. The van der Waals surface area contributed by atoms with Gasteiger partial charge in [0.2, 0.25) is 0 Å². The molecular formula is C13H15BrF2N2S. The Hall–Kier alpha value is -0.620. The maximum Gasteiger partial charge on any atom is 0.161 e. The Bertz CT molecular complexity index is 498. The first kappa shape index (κ1) is 14.8. The second-order valence-corrected chi connectivity index (χ2v) is 6.67. The predicted molar refractivity (Wildman–Crippen MR) is 80.9 cm³/mol. The standard InChI is InChI=1S/C13H15BrF2N2S/c1-3-13(2)4-5-19-12(18-13)17-11-9(14)6-8(15)7-10(11)16/h6-7H,3-5H2,1-2H3,(H,17,18). The van der Waals surface area contributed by atoms with Gasteiger partial charge in [-0.15, -0.1) is 0 Å². The van der Waals surface area contributed by atoms with Gasteiger partial charge in [0.15, 0.2) is 11.0 Å². The van der Waals surface area contributed by atoms with Crippen molar-refractivity contribution in [2.75, 3.05) is 11.1 Å². The van der Waals surface area contributed by atoms with Crippen LogP contribution in [0.2, 0.25) is 0 Å². The molecule has 1 aliphatic rings. The summed E-state index contributed by atoms with van der Waals surface area (Å²) in [7, 11) is 0. The number of aliphatic imine (C=N–C) groups is 1. The van der Waals surface area contributed by atoms with Crippen LogP contribution in [0.4, 0.5) is 14.5 Å². The second kappa shape index (κ2) is 5.79. The van der Waals surface area contributed by atoms with Crippen molar-refractivity contribution < 1.29 is 8.78 Å². The summed E-state index contributed by atoms with van der Waals surface area (Å²) >= 11 is 4.72. The van der Waals surface area contributed by atoms with Crippen LogP contribution in [-0.4, -0.2) is 16.5 Å². The molecule has 6 heteroatoms. The molecule has 1 aromatic carbocycles. The van der Waals surface area contributed by atoms with E-state index in [0.717, 1.165) is 24.7 Å². The molecular weight excluding hydrogens is 334 g/mol. The van der Waals surface area contributed by atoms with Crippen molar-refractivity contribution in [2.24, 2.45) is 4.99 Å². The van der Waals surface area contributed by atoms with Crippen molar-refractivity contribution in [2.45, 2.75) is 32.2 Å². The molecule has 0 saturated carbocycles. The lowest BCUT2D eigenvalue weighted by molar-refractivity contribution is 0.443. The average Bonchev–Trinajstić information content (AvgIpc) is 2.34. The van der Waals surface area contributed by atoms with Gasteiger partial charge in [-0.25, -0.2) is 8.78 Å². The van der Waals surface area contributed by atoms with E-state index in [1.807, 2.05) is 0 Å². The molecule has 1 aromatic rings. The molecule has 1 unspecified atom stereocenters. The summed E-state index contributed by atoms with van der Waals surface area (Å²) in [6, 6.07) is 2.10. The minimum atomic E-state index is -0.626. The number of hydrogen-bond acceptors (Lipinski definition) is 3. The number of halogens is 3. The molecule has 0 bridgehead atoms. The van der Waals surface area contributed by atoms with Gasteiger partial charge in [-0.1, -0.05) is 18.7 Å². The summed E-state index contributed by atoms with van der Waals surface area (Å²) in [5.41, 5.74) is 0.129. The van der Waals surface area contributed by atoms with Crippen LogP contribution in [0.1, 0.15) is 26.7 Å².